The predicted molar refractivity (Wildman–Crippen MR) is 343 cm³/mol. The summed E-state index contributed by atoms with van der Waals surface area (Å²) in [7, 11) is 0. The van der Waals surface area contributed by atoms with Crippen LogP contribution in [0.3, 0.4) is 0 Å². The van der Waals surface area contributed by atoms with E-state index in [1.807, 2.05) is 6.08 Å². The van der Waals surface area contributed by atoms with Gasteiger partial charge in [-0.3, -0.25) is 9.59 Å². The minimum atomic E-state index is -0.848. The molecule has 1 amide bonds. The van der Waals surface area contributed by atoms with Gasteiger partial charge in [0.25, 0.3) is 0 Å². The molecule has 0 rings (SSSR count). The molecule has 0 saturated heterocycles. The summed E-state index contributed by atoms with van der Waals surface area (Å²) in [5.41, 5.74) is 0. The third kappa shape index (κ3) is 63.3. The normalized spacial score (nSPS) is 12.7. The summed E-state index contributed by atoms with van der Waals surface area (Å²) in [5.74, 6) is -0.0689. The third-order valence-corrected chi connectivity index (χ3v) is 16.4. The number of allylic oxidation sites excluding steroid dienone is 5. The van der Waals surface area contributed by atoms with Crippen LogP contribution in [0.1, 0.15) is 386 Å². The third-order valence-electron chi connectivity index (χ3n) is 16.4. The molecule has 0 aliphatic carbocycles. The van der Waals surface area contributed by atoms with Crippen molar-refractivity contribution < 1.29 is 24.5 Å². The maximum absolute atomic E-state index is 12.5. The molecule has 0 spiro atoms. The van der Waals surface area contributed by atoms with Crippen LogP contribution in [0.2, 0.25) is 0 Å². The van der Waals surface area contributed by atoms with Gasteiger partial charge in [-0.2, -0.15) is 0 Å². The van der Waals surface area contributed by atoms with Crippen LogP contribution in [0.4, 0.5) is 0 Å². The molecule has 0 saturated carbocycles. The largest absolute Gasteiger partial charge is 0.466 e. The van der Waals surface area contributed by atoms with Gasteiger partial charge in [0.05, 0.1) is 25.4 Å². The fourth-order valence-corrected chi connectivity index (χ4v) is 11.0. The van der Waals surface area contributed by atoms with Gasteiger partial charge in [-0.1, -0.05) is 346 Å². The number of rotatable bonds is 66. The Balaban J connectivity index is 3.43. The lowest BCUT2D eigenvalue weighted by Gasteiger charge is -2.20. The van der Waals surface area contributed by atoms with Crippen molar-refractivity contribution in [3.63, 3.8) is 0 Å². The second-order valence-corrected chi connectivity index (χ2v) is 24.2. The number of unbranched alkanes of at least 4 members (excludes halogenated alkanes) is 51. The van der Waals surface area contributed by atoms with Gasteiger partial charge in [0, 0.05) is 12.8 Å². The van der Waals surface area contributed by atoms with Gasteiger partial charge in [-0.25, -0.2) is 0 Å². The van der Waals surface area contributed by atoms with Gasteiger partial charge in [0.1, 0.15) is 0 Å². The molecule has 3 N–H and O–H groups in total. The lowest BCUT2D eigenvalue weighted by molar-refractivity contribution is -0.143. The molecule has 0 radical (unpaired) electrons. The summed E-state index contributed by atoms with van der Waals surface area (Å²) in [6.07, 6.45) is 86.4. The maximum Gasteiger partial charge on any atom is 0.305 e. The zero-order valence-electron chi connectivity index (χ0n) is 52.7. The van der Waals surface area contributed by atoms with E-state index in [-0.39, 0.29) is 18.5 Å². The van der Waals surface area contributed by atoms with Crippen molar-refractivity contribution >= 4 is 11.9 Å². The van der Waals surface area contributed by atoms with Crippen molar-refractivity contribution in [2.24, 2.45) is 0 Å². The Morgan fingerprint density at radius 1 is 0.359 bits per heavy atom. The summed E-state index contributed by atoms with van der Waals surface area (Å²) in [4.78, 5) is 24.6. The first kappa shape index (κ1) is 76.1. The number of aliphatic hydroxyl groups excluding tert-OH is 2. The van der Waals surface area contributed by atoms with Crippen LogP contribution in [0.5, 0.6) is 0 Å². The van der Waals surface area contributed by atoms with Gasteiger partial charge in [0.2, 0.25) is 5.91 Å². The van der Waals surface area contributed by atoms with Crippen molar-refractivity contribution in [3.05, 3.63) is 36.5 Å². The lowest BCUT2D eigenvalue weighted by Crippen LogP contribution is -2.45. The molecular formula is C72H137NO5. The smallest absolute Gasteiger partial charge is 0.305 e. The first-order valence-corrected chi connectivity index (χ1v) is 35.3. The zero-order valence-corrected chi connectivity index (χ0v) is 52.7. The van der Waals surface area contributed by atoms with Gasteiger partial charge in [-0.05, 0) is 64.2 Å². The summed E-state index contributed by atoms with van der Waals surface area (Å²) in [5, 5.41) is 23.3. The van der Waals surface area contributed by atoms with E-state index >= 15 is 0 Å². The molecule has 0 aliphatic heterocycles. The molecule has 0 aromatic carbocycles. The fraction of sp³-hybridized carbons (Fsp3) is 0.889. The molecule has 0 fully saturated rings. The minimum absolute atomic E-state index is 0.00283. The van der Waals surface area contributed by atoms with Crippen LogP contribution >= 0.6 is 0 Å². The number of amides is 1. The minimum Gasteiger partial charge on any atom is -0.466 e. The fourth-order valence-electron chi connectivity index (χ4n) is 11.0. The highest BCUT2D eigenvalue weighted by atomic mass is 16.5. The number of hydrogen-bond donors (Lipinski definition) is 3. The molecule has 2 atom stereocenters. The average Bonchev–Trinajstić information content (AvgIpc) is 3.44. The molecule has 6 nitrogen and oxygen atoms in total. The van der Waals surface area contributed by atoms with Crippen LogP contribution in [0.25, 0.3) is 0 Å². The molecular weight excluding hydrogens is 959 g/mol. The standard InChI is InChI=1S/C72H137NO5/c1-3-5-7-9-11-13-15-17-19-21-22-23-24-25-26-27-30-33-36-40-44-48-52-56-60-64-70(75)69(68-74)73-71(76)65-61-57-53-49-45-41-37-34-31-28-29-32-35-39-43-47-51-55-59-63-67-78-72(77)66-62-58-54-50-46-42-38-20-18-16-14-12-10-8-6-4-2/h14,16,20,38,60,64,69-70,74-75H,3-13,15,17-19,21-37,39-59,61-63,65-68H2,1-2H3,(H,73,76)/b16-14-,38-20-,64-60+. The highest BCUT2D eigenvalue weighted by molar-refractivity contribution is 5.76. The molecule has 0 bridgehead atoms. The van der Waals surface area contributed by atoms with E-state index in [0.717, 1.165) is 51.4 Å². The first-order chi connectivity index (χ1) is 38.5. The second-order valence-electron chi connectivity index (χ2n) is 24.2. The monoisotopic (exact) mass is 1100 g/mol. The summed E-state index contributed by atoms with van der Waals surface area (Å²) in [6, 6.07) is -0.632. The molecule has 78 heavy (non-hydrogen) atoms. The Morgan fingerprint density at radius 3 is 0.987 bits per heavy atom. The summed E-state index contributed by atoms with van der Waals surface area (Å²) >= 11 is 0. The summed E-state index contributed by atoms with van der Waals surface area (Å²) < 4.78 is 5.49. The predicted octanol–water partition coefficient (Wildman–Crippen LogP) is 22.7. The zero-order chi connectivity index (χ0) is 56.4. The number of carbonyl (C=O) groups is 2. The maximum atomic E-state index is 12.5. The number of aliphatic hydroxyl groups is 2. The Labute approximate surface area is 487 Å². The lowest BCUT2D eigenvalue weighted by atomic mass is 10.0. The second kappa shape index (κ2) is 67.6. The average molecular weight is 1100 g/mol. The Hall–Kier alpha value is -1.92. The van der Waals surface area contributed by atoms with Gasteiger partial charge >= 0.3 is 5.97 Å². The van der Waals surface area contributed by atoms with Crippen LogP contribution in [-0.4, -0.2) is 47.4 Å². The number of nitrogens with one attached hydrogen (secondary N) is 1. The van der Waals surface area contributed by atoms with Crippen molar-refractivity contribution in [2.75, 3.05) is 13.2 Å². The Bertz CT molecular complexity index is 1260. The van der Waals surface area contributed by atoms with E-state index in [9.17, 15) is 19.8 Å². The number of ether oxygens (including phenoxy) is 1. The highest BCUT2D eigenvalue weighted by Gasteiger charge is 2.18. The van der Waals surface area contributed by atoms with Crippen molar-refractivity contribution in [3.8, 4) is 0 Å². The Kier molecular flexibility index (Phi) is 65.9. The van der Waals surface area contributed by atoms with E-state index in [1.54, 1.807) is 6.08 Å². The van der Waals surface area contributed by atoms with Crippen molar-refractivity contribution in [1.29, 1.82) is 0 Å². The molecule has 0 aromatic rings. The molecule has 0 aromatic heterocycles. The van der Waals surface area contributed by atoms with Crippen LogP contribution in [0, 0.1) is 0 Å². The molecule has 6 heteroatoms. The SMILES string of the molecule is CCCCCC/C=C\C/C=C\CCCCCCCC(=O)OCCCCCCCCCCCCCCCCCCCCCCC(=O)NC(CO)C(O)/C=C/CCCCCCCCCCCCCCCCCCCCCCCCC. The van der Waals surface area contributed by atoms with E-state index in [0.29, 0.717) is 19.4 Å². The Morgan fingerprint density at radius 2 is 0.641 bits per heavy atom. The quantitative estimate of drug-likeness (QED) is 0.0320. The number of carbonyl (C=O) groups excluding carboxylic acids is 2. The van der Waals surface area contributed by atoms with Gasteiger partial charge in [0.15, 0.2) is 0 Å². The van der Waals surface area contributed by atoms with Gasteiger partial charge < -0.3 is 20.3 Å². The van der Waals surface area contributed by atoms with E-state index in [2.05, 4.69) is 43.5 Å². The first-order valence-electron chi connectivity index (χ1n) is 35.3. The number of esters is 1. The molecule has 460 valence electrons. The van der Waals surface area contributed by atoms with Crippen LogP contribution < -0.4 is 5.32 Å². The van der Waals surface area contributed by atoms with E-state index in [1.165, 1.54) is 308 Å². The van der Waals surface area contributed by atoms with E-state index < -0.39 is 12.1 Å². The van der Waals surface area contributed by atoms with Crippen LogP contribution in [-0.2, 0) is 14.3 Å². The molecule has 0 aliphatic rings. The number of hydrogen-bond acceptors (Lipinski definition) is 5. The highest BCUT2D eigenvalue weighted by Crippen LogP contribution is 2.19. The van der Waals surface area contributed by atoms with Crippen molar-refractivity contribution in [2.45, 2.75) is 398 Å². The topological polar surface area (TPSA) is 95.9 Å². The summed E-state index contributed by atoms with van der Waals surface area (Å²) in [6.45, 7) is 4.91. The van der Waals surface area contributed by atoms with Gasteiger partial charge in [-0.15, -0.1) is 0 Å². The van der Waals surface area contributed by atoms with E-state index in [4.69, 9.17) is 4.74 Å². The van der Waals surface area contributed by atoms with Crippen molar-refractivity contribution in [1.82, 2.24) is 5.32 Å². The molecule has 0 heterocycles. The molecule has 2 unspecified atom stereocenters. The van der Waals surface area contributed by atoms with Crippen LogP contribution in [0.15, 0.2) is 36.5 Å².